The molecule has 4 heterocycles. The minimum atomic E-state index is -2.97. The largest absolute Gasteiger partial charge is 0.309 e. The molecule has 9 heteroatoms. The van der Waals surface area contributed by atoms with E-state index in [1.807, 2.05) is 0 Å². The molecule has 4 aromatic heterocycles. The molecular formula is C76H53N7Si2. The normalized spacial score (nSPS) is 12.0. The van der Waals surface area contributed by atoms with E-state index < -0.39 is 16.1 Å². The minimum Gasteiger partial charge on any atom is -0.309 e. The van der Waals surface area contributed by atoms with Crippen molar-refractivity contribution in [1.29, 1.82) is 0 Å². The molecule has 400 valence electrons. The molecule has 85 heavy (non-hydrogen) atoms. The summed E-state index contributed by atoms with van der Waals surface area (Å²) >= 11 is 0. The molecule has 0 unspecified atom stereocenters. The summed E-state index contributed by atoms with van der Waals surface area (Å²) < 4.78 is 6.77. The van der Waals surface area contributed by atoms with E-state index in [1.54, 1.807) is 0 Å². The first-order valence-electron chi connectivity index (χ1n) is 28.9. The lowest BCUT2D eigenvalue weighted by Crippen LogP contribution is -2.74. The monoisotopic (exact) mass is 1120 g/mol. The van der Waals surface area contributed by atoms with Crippen LogP contribution in [-0.2, 0) is 0 Å². The van der Waals surface area contributed by atoms with Gasteiger partial charge in [-0.25, -0.2) is 14.5 Å². The van der Waals surface area contributed by atoms with Crippen molar-refractivity contribution in [2.24, 2.45) is 0 Å². The SMILES string of the molecule is c1ccc([Si](c2ccccc2)(c2ccccc2)c2cccc(-c3nc(-c4cccc([Si](c5ccccc5)(c5ccccc5)c5ccccc5)c4)nc(-n4c5ccccc5n5c6cc(-n7c8ccccc8c8ccccc87)ccc6nc45)n3)c2)cc1. The second-order valence-corrected chi connectivity index (χ2v) is 29.4. The van der Waals surface area contributed by atoms with Crippen molar-refractivity contribution in [1.82, 2.24) is 33.5 Å². The maximum atomic E-state index is 5.63. The van der Waals surface area contributed by atoms with Crippen molar-refractivity contribution in [3.8, 4) is 34.4 Å². The quantitative estimate of drug-likeness (QED) is 0.0903. The molecule has 0 amide bonds. The van der Waals surface area contributed by atoms with Crippen LogP contribution in [0.2, 0.25) is 0 Å². The molecule has 0 aliphatic heterocycles. The van der Waals surface area contributed by atoms with Crippen LogP contribution >= 0.6 is 0 Å². The van der Waals surface area contributed by atoms with Crippen molar-refractivity contribution in [2.75, 3.05) is 0 Å². The lowest BCUT2D eigenvalue weighted by atomic mass is 10.2. The first-order chi connectivity index (χ1) is 42.2. The van der Waals surface area contributed by atoms with Crippen LogP contribution in [0.1, 0.15) is 0 Å². The number of aromatic nitrogens is 7. The van der Waals surface area contributed by atoms with Gasteiger partial charge in [-0.2, -0.15) is 9.97 Å². The maximum absolute atomic E-state index is 5.63. The Morgan fingerprint density at radius 3 is 1.04 bits per heavy atom. The summed E-state index contributed by atoms with van der Waals surface area (Å²) in [4.78, 5) is 22.4. The van der Waals surface area contributed by atoms with Crippen LogP contribution < -0.4 is 41.5 Å². The summed E-state index contributed by atoms with van der Waals surface area (Å²) in [5.74, 6) is 2.29. The topological polar surface area (TPSA) is 65.8 Å². The second kappa shape index (κ2) is 20.5. The molecule has 16 rings (SSSR count). The number of fused-ring (bicyclic) bond motifs is 8. The van der Waals surface area contributed by atoms with Crippen molar-refractivity contribution in [3.63, 3.8) is 0 Å². The van der Waals surface area contributed by atoms with Gasteiger partial charge < -0.3 is 4.57 Å². The van der Waals surface area contributed by atoms with Gasteiger partial charge in [0.25, 0.3) is 0 Å². The molecule has 0 aliphatic carbocycles. The smallest absolute Gasteiger partial charge is 0.241 e. The van der Waals surface area contributed by atoms with Crippen LogP contribution in [0.3, 0.4) is 0 Å². The molecule has 0 saturated carbocycles. The fourth-order valence-corrected chi connectivity index (χ4v) is 23.2. The summed E-state index contributed by atoms with van der Waals surface area (Å²) in [6, 6.07) is 117. The molecule has 0 atom stereocenters. The van der Waals surface area contributed by atoms with Gasteiger partial charge in [-0.05, 0) is 84.0 Å². The van der Waals surface area contributed by atoms with E-state index in [0.717, 1.165) is 49.9 Å². The Hall–Kier alpha value is -10.8. The lowest BCUT2D eigenvalue weighted by molar-refractivity contribution is 0.937. The maximum Gasteiger partial charge on any atom is 0.241 e. The number of hydrogen-bond donors (Lipinski definition) is 0. The Bertz CT molecular complexity index is 4690. The van der Waals surface area contributed by atoms with E-state index in [-0.39, 0.29) is 0 Å². The third kappa shape index (κ3) is 8.00. The third-order valence-corrected chi connectivity index (χ3v) is 26.7. The van der Waals surface area contributed by atoms with E-state index in [2.05, 4.69) is 335 Å². The summed E-state index contributed by atoms with van der Waals surface area (Å²) in [5.41, 5.74) is 8.87. The summed E-state index contributed by atoms with van der Waals surface area (Å²) in [6.07, 6.45) is 0. The van der Waals surface area contributed by atoms with E-state index in [1.165, 1.54) is 52.3 Å². The van der Waals surface area contributed by atoms with Crippen molar-refractivity contribution < 1.29 is 0 Å². The highest BCUT2D eigenvalue weighted by atomic mass is 28.3. The van der Waals surface area contributed by atoms with Gasteiger partial charge in [-0.3, -0.25) is 4.40 Å². The van der Waals surface area contributed by atoms with Crippen molar-refractivity contribution in [3.05, 3.63) is 322 Å². The molecular weight excluding hydrogens is 1070 g/mol. The van der Waals surface area contributed by atoms with Crippen molar-refractivity contribution in [2.45, 2.75) is 0 Å². The van der Waals surface area contributed by atoms with Crippen LogP contribution in [0, 0.1) is 0 Å². The number of nitrogens with zero attached hydrogens (tertiary/aromatic N) is 7. The second-order valence-electron chi connectivity index (χ2n) is 21.8. The van der Waals surface area contributed by atoms with Gasteiger partial charge in [0, 0.05) is 27.6 Å². The van der Waals surface area contributed by atoms with E-state index in [4.69, 9.17) is 19.9 Å². The zero-order valence-corrected chi connectivity index (χ0v) is 48.2. The lowest BCUT2D eigenvalue weighted by Gasteiger charge is -2.34. The van der Waals surface area contributed by atoms with Crippen LogP contribution in [-0.4, -0.2) is 49.6 Å². The van der Waals surface area contributed by atoms with Gasteiger partial charge in [-0.1, -0.05) is 279 Å². The minimum absolute atomic E-state index is 0.468. The van der Waals surface area contributed by atoms with Crippen molar-refractivity contribution >= 4 is 107 Å². The summed E-state index contributed by atoms with van der Waals surface area (Å²) in [5, 5.41) is 12.6. The van der Waals surface area contributed by atoms with E-state index in [0.29, 0.717) is 23.4 Å². The predicted octanol–water partition coefficient (Wildman–Crippen LogP) is 11.8. The Morgan fingerprint density at radius 2 is 0.612 bits per heavy atom. The molecule has 12 aromatic carbocycles. The van der Waals surface area contributed by atoms with Crippen LogP contribution in [0.25, 0.3) is 84.1 Å². The first kappa shape index (κ1) is 49.9. The van der Waals surface area contributed by atoms with Crippen LogP contribution in [0.4, 0.5) is 0 Å². The zero-order chi connectivity index (χ0) is 56.3. The van der Waals surface area contributed by atoms with E-state index >= 15 is 0 Å². The fourth-order valence-electron chi connectivity index (χ4n) is 13.6. The number of benzene rings is 12. The Morgan fingerprint density at radius 1 is 0.247 bits per heavy atom. The summed E-state index contributed by atoms with van der Waals surface area (Å²) in [6.45, 7) is 0. The third-order valence-electron chi connectivity index (χ3n) is 17.2. The molecule has 0 fully saturated rings. The average Bonchev–Trinajstić information content (AvgIpc) is 2.17. The molecule has 0 N–H and O–H groups in total. The van der Waals surface area contributed by atoms with Crippen LogP contribution in [0.15, 0.2) is 322 Å². The molecule has 7 nitrogen and oxygen atoms in total. The van der Waals surface area contributed by atoms with Gasteiger partial charge in [0.2, 0.25) is 11.7 Å². The molecule has 0 radical (unpaired) electrons. The highest BCUT2D eigenvalue weighted by molar-refractivity contribution is 7.20. The standard InChI is InChI=1S/C76H53N7Si2/c1-7-29-57(30-8-1)84(58-31-9-2-10-32-58,59-33-11-3-12-34-59)63-41-25-27-54(51-63)73-78-74(55-28-26-42-64(52-55)85(60-35-13-4-14-36-60,61-37-15-5-16-38-61)62-39-17-6-18-40-62)80-75(79-73)83-71-48-24-23-47-70(71)82-72-53-56(49-50-67(72)77-76(82)83)81-68-45-21-19-43-65(68)66-44-20-22-46-69(66)81/h1-53H. The number of para-hydroxylation sites is 4. The summed E-state index contributed by atoms with van der Waals surface area (Å²) in [7, 11) is -5.94. The molecule has 0 bridgehead atoms. The predicted molar refractivity (Wildman–Crippen MR) is 355 cm³/mol. The van der Waals surface area contributed by atoms with Gasteiger partial charge >= 0.3 is 0 Å². The molecule has 0 saturated heterocycles. The van der Waals surface area contributed by atoms with Gasteiger partial charge in [0.05, 0.1) is 33.1 Å². The number of imidazole rings is 2. The Labute approximate surface area is 493 Å². The van der Waals surface area contributed by atoms with E-state index in [9.17, 15) is 0 Å². The van der Waals surface area contributed by atoms with Gasteiger partial charge in [-0.15, -0.1) is 0 Å². The Balaban J connectivity index is 0.958. The molecule has 0 aliphatic rings. The zero-order valence-electron chi connectivity index (χ0n) is 46.2. The highest BCUT2D eigenvalue weighted by Crippen LogP contribution is 2.35. The first-order valence-corrected chi connectivity index (χ1v) is 32.9. The Kier molecular flexibility index (Phi) is 12.1. The average molecular weight is 1120 g/mol. The van der Waals surface area contributed by atoms with Gasteiger partial charge in [0.1, 0.15) is 0 Å². The molecule has 16 aromatic rings. The molecule has 0 spiro atoms. The van der Waals surface area contributed by atoms with Crippen LogP contribution in [0.5, 0.6) is 0 Å². The van der Waals surface area contributed by atoms with Gasteiger partial charge in [0.15, 0.2) is 27.8 Å². The number of rotatable bonds is 12. The fraction of sp³-hybridized carbons (Fsp3) is 0. The highest BCUT2D eigenvalue weighted by Gasteiger charge is 2.43. The number of hydrogen-bond acceptors (Lipinski definition) is 4.